The first-order chi connectivity index (χ1) is 12.1. The summed E-state index contributed by atoms with van der Waals surface area (Å²) in [6.45, 7) is 2.00. The highest BCUT2D eigenvalue weighted by molar-refractivity contribution is 6.04. The maximum Gasteiger partial charge on any atom is 0.259 e. The smallest absolute Gasteiger partial charge is 0.259 e. The number of carbonyl (C=O) groups excluding carboxylic acids is 1. The van der Waals surface area contributed by atoms with Crippen LogP contribution in [0, 0.1) is 12.7 Å². The largest absolute Gasteiger partial charge is 0.350 e. The number of nitrogens with one attached hydrogen (secondary N) is 2. The van der Waals surface area contributed by atoms with Gasteiger partial charge in [-0.05, 0) is 25.1 Å². The average molecular weight is 336 g/mol. The van der Waals surface area contributed by atoms with Crippen molar-refractivity contribution in [1.82, 2.24) is 9.97 Å². The molecule has 3 aromatic rings. The highest BCUT2D eigenvalue weighted by Gasteiger charge is 2.12. The van der Waals surface area contributed by atoms with E-state index in [4.69, 9.17) is 0 Å². The summed E-state index contributed by atoms with van der Waals surface area (Å²) in [7, 11) is 0. The van der Waals surface area contributed by atoms with Crippen LogP contribution in [0.4, 0.5) is 16.0 Å². The van der Waals surface area contributed by atoms with Crippen molar-refractivity contribution >= 4 is 17.5 Å². The average Bonchev–Trinajstić information content (AvgIpc) is 2.62. The molecule has 5 nitrogen and oxygen atoms in total. The van der Waals surface area contributed by atoms with Crippen LogP contribution in [0.25, 0.3) is 0 Å². The minimum atomic E-state index is -0.286. The quantitative estimate of drug-likeness (QED) is 0.744. The Labute approximate surface area is 145 Å². The molecule has 1 amide bonds. The van der Waals surface area contributed by atoms with Gasteiger partial charge in [0.2, 0.25) is 5.95 Å². The molecule has 1 heterocycles. The van der Waals surface area contributed by atoms with E-state index >= 15 is 0 Å². The standard InChI is InChI=1S/C19H17FN4O/c1-13-16(18(25)24-15-8-3-2-4-9-15)12-22-19(23-13)21-11-14-7-5-6-10-17(14)20/h2-10,12H,11H2,1H3,(H,24,25)(H,21,22,23). The molecule has 0 saturated carbocycles. The number of para-hydroxylation sites is 1. The SMILES string of the molecule is Cc1nc(NCc2ccccc2F)ncc1C(=O)Nc1ccccc1. The number of aromatic nitrogens is 2. The summed E-state index contributed by atoms with van der Waals surface area (Å²) in [5.41, 5.74) is 2.16. The fraction of sp³-hybridized carbons (Fsp3) is 0.105. The fourth-order valence-corrected chi connectivity index (χ4v) is 2.31. The van der Waals surface area contributed by atoms with Gasteiger partial charge in [-0.25, -0.2) is 14.4 Å². The molecule has 0 unspecified atom stereocenters. The lowest BCUT2D eigenvalue weighted by molar-refractivity contribution is 0.102. The third-order valence-corrected chi connectivity index (χ3v) is 3.65. The summed E-state index contributed by atoms with van der Waals surface area (Å²) in [6, 6.07) is 15.7. The second-order valence-electron chi connectivity index (χ2n) is 5.46. The Bertz CT molecular complexity index is 884. The number of carbonyl (C=O) groups is 1. The zero-order chi connectivity index (χ0) is 17.6. The lowest BCUT2D eigenvalue weighted by Crippen LogP contribution is -2.15. The molecule has 126 valence electrons. The first-order valence-corrected chi connectivity index (χ1v) is 7.81. The van der Waals surface area contributed by atoms with Gasteiger partial charge in [0.25, 0.3) is 5.91 Å². The number of hydrogen-bond donors (Lipinski definition) is 2. The summed E-state index contributed by atoms with van der Waals surface area (Å²) < 4.78 is 13.6. The first kappa shape index (κ1) is 16.6. The van der Waals surface area contributed by atoms with Crippen molar-refractivity contribution in [2.24, 2.45) is 0 Å². The van der Waals surface area contributed by atoms with E-state index in [1.165, 1.54) is 12.3 Å². The molecule has 0 saturated heterocycles. The van der Waals surface area contributed by atoms with Crippen molar-refractivity contribution in [3.05, 3.63) is 83.4 Å². The highest BCUT2D eigenvalue weighted by atomic mass is 19.1. The summed E-state index contributed by atoms with van der Waals surface area (Å²) in [5, 5.41) is 5.76. The van der Waals surface area contributed by atoms with Gasteiger partial charge in [-0.2, -0.15) is 0 Å². The van der Waals surface area contributed by atoms with E-state index in [0.717, 1.165) is 0 Å². The molecule has 2 aromatic carbocycles. The molecule has 2 N–H and O–H groups in total. The Balaban J connectivity index is 1.68. The number of nitrogens with zero attached hydrogens (tertiary/aromatic N) is 2. The molecule has 0 radical (unpaired) electrons. The second kappa shape index (κ2) is 7.53. The molecule has 0 aliphatic heterocycles. The maximum atomic E-state index is 13.6. The number of benzene rings is 2. The Hall–Kier alpha value is -3.28. The molecule has 1 aromatic heterocycles. The lowest BCUT2D eigenvalue weighted by atomic mass is 10.2. The molecule has 0 fully saturated rings. The fourth-order valence-electron chi connectivity index (χ4n) is 2.31. The highest BCUT2D eigenvalue weighted by Crippen LogP contribution is 2.13. The molecule has 0 bridgehead atoms. The van der Waals surface area contributed by atoms with E-state index in [-0.39, 0.29) is 18.3 Å². The van der Waals surface area contributed by atoms with E-state index in [0.29, 0.717) is 28.5 Å². The third kappa shape index (κ3) is 4.17. The zero-order valence-corrected chi connectivity index (χ0v) is 13.7. The minimum absolute atomic E-state index is 0.266. The van der Waals surface area contributed by atoms with Gasteiger partial charge in [-0.15, -0.1) is 0 Å². The van der Waals surface area contributed by atoms with Crippen molar-refractivity contribution in [1.29, 1.82) is 0 Å². The van der Waals surface area contributed by atoms with E-state index in [2.05, 4.69) is 20.6 Å². The van der Waals surface area contributed by atoms with Crippen LogP contribution in [0.15, 0.2) is 60.8 Å². The Kier molecular flexibility index (Phi) is 4.99. The molecule has 0 aliphatic rings. The summed E-state index contributed by atoms with van der Waals surface area (Å²) in [5.74, 6) is -0.216. The van der Waals surface area contributed by atoms with Gasteiger partial charge < -0.3 is 10.6 Å². The maximum absolute atomic E-state index is 13.6. The zero-order valence-electron chi connectivity index (χ0n) is 13.7. The molecule has 0 aliphatic carbocycles. The van der Waals surface area contributed by atoms with Gasteiger partial charge >= 0.3 is 0 Å². The van der Waals surface area contributed by atoms with E-state index in [1.54, 1.807) is 37.3 Å². The Morgan fingerprint density at radius 1 is 1.08 bits per heavy atom. The van der Waals surface area contributed by atoms with Crippen LogP contribution in [-0.2, 0) is 6.54 Å². The molecule has 25 heavy (non-hydrogen) atoms. The molecule has 0 spiro atoms. The third-order valence-electron chi connectivity index (χ3n) is 3.65. The molecular formula is C19H17FN4O. The van der Waals surface area contributed by atoms with Crippen LogP contribution in [0.5, 0.6) is 0 Å². The van der Waals surface area contributed by atoms with Gasteiger partial charge in [-0.1, -0.05) is 36.4 Å². The van der Waals surface area contributed by atoms with Crippen LogP contribution in [-0.4, -0.2) is 15.9 Å². The van der Waals surface area contributed by atoms with Crippen molar-refractivity contribution < 1.29 is 9.18 Å². The Morgan fingerprint density at radius 3 is 2.52 bits per heavy atom. The summed E-state index contributed by atoms with van der Waals surface area (Å²) >= 11 is 0. The van der Waals surface area contributed by atoms with E-state index in [1.807, 2.05) is 18.2 Å². The van der Waals surface area contributed by atoms with Gasteiger partial charge in [0.15, 0.2) is 0 Å². The minimum Gasteiger partial charge on any atom is -0.350 e. The van der Waals surface area contributed by atoms with Crippen molar-refractivity contribution in [3.8, 4) is 0 Å². The number of hydrogen-bond acceptors (Lipinski definition) is 4. The van der Waals surface area contributed by atoms with Crippen LogP contribution in [0.3, 0.4) is 0 Å². The van der Waals surface area contributed by atoms with Crippen LogP contribution in [0.2, 0.25) is 0 Å². The van der Waals surface area contributed by atoms with Gasteiger partial charge in [-0.3, -0.25) is 4.79 Å². The van der Waals surface area contributed by atoms with Crippen molar-refractivity contribution in [2.75, 3.05) is 10.6 Å². The van der Waals surface area contributed by atoms with Crippen LogP contribution < -0.4 is 10.6 Å². The number of rotatable bonds is 5. The predicted molar refractivity (Wildman–Crippen MR) is 94.9 cm³/mol. The molecule has 0 atom stereocenters. The van der Waals surface area contributed by atoms with Crippen LogP contribution in [0.1, 0.15) is 21.6 Å². The normalized spacial score (nSPS) is 10.3. The number of amides is 1. The van der Waals surface area contributed by atoms with E-state index < -0.39 is 0 Å². The topological polar surface area (TPSA) is 66.9 Å². The number of halogens is 1. The monoisotopic (exact) mass is 336 g/mol. The molecular weight excluding hydrogens is 319 g/mol. The first-order valence-electron chi connectivity index (χ1n) is 7.81. The van der Waals surface area contributed by atoms with Crippen molar-refractivity contribution in [2.45, 2.75) is 13.5 Å². The molecule has 6 heteroatoms. The predicted octanol–water partition coefficient (Wildman–Crippen LogP) is 3.79. The van der Waals surface area contributed by atoms with E-state index in [9.17, 15) is 9.18 Å². The van der Waals surface area contributed by atoms with Gasteiger partial charge in [0.05, 0.1) is 11.3 Å². The summed E-state index contributed by atoms with van der Waals surface area (Å²) in [6.07, 6.45) is 1.46. The lowest BCUT2D eigenvalue weighted by Gasteiger charge is -2.10. The number of anilines is 2. The van der Waals surface area contributed by atoms with Crippen LogP contribution >= 0.6 is 0 Å². The summed E-state index contributed by atoms with van der Waals surface area (Å²) in [4.78, 5) is 20.7. The van der Waals surface area contributed by atoms with Gasteiger partial charge in [0, 0.05) is 24.0 Å². The molecule has 3 rings (SSSR count). The Morgan fingerprint density at radius 2 is 1.80 bits per heavy atom. The van der Waals surface area contributed by atoms with Gasteiger partial charge in [0.1, 0.15) is 5.82 Å². The number of aryl methyl sites for hydroxylation is 1. The second-order valence-corrected chi connectivity index (χ2v) is 5.46. The van der Waals surface area contributed by atoms with Crippen molar-refractivity contribution in [3.63, 3.8) is 0 Å².